The minimum absolute atomic E-state index is 0.0300. The Morgan fingerprint density at radius 1 is 0.865 bits per heavy atom. The largest absolute Gasteiger partial charge is 0.497 e. The fraction of sp³-hybridized carbons (Fsp3) is 0.179. The van der Waals surface area contributed by atoms with Gasteiger partial charge >= 0.3 is 0 Å². The Kier molecular flexibility index (Phi) is 7.83. The standard InChI is InChI=1S/C28H28N2O6S/c1-4-25(36-26-11-7-9-19-8-5-6-10-23(19)26)28(31)29-20-12-15-22(16-13-20)37(32,33)30-24-17-14-21(34-2)18-27(24)35-3/h5-18,25,30H,4H2,1-3H3,(H,29,31). The maximum absolute atomic E-state index is 12.9. The van der Waals surface area contributed by atoms with E-state index >= 15 is 0 Å². The second-order valence-electron chi connectivity index (χ2n) is 8.18. The van der Waals surface area contributed by atoms with Gasteiger partial charge in [-0.05, 0) is 54.3 Å². The molecule has 4 aromatic carbocycles. The summed E-state index contributed by atoms with van der Waals surface area (Å²) in [6, 6.07) is 24.2. The Balaban J connectivity index is 1.45. The van der Waals surface area contributed by atoms with Crippen LogP contribution >= 0.6 is 0 Å². The van der Waals surface area contributed by atoms with Gasteiger partial charge in [0.05, 0.1) is 24.8 Å². The number of benzene rings is 4. The van der Waals surface area contributed by atoms with Crippen LogP contribution in [0.2, 0.25) is 0 Å². The number of hydrogen-bond donors (Lipinski definition) is 2. The fourth-order valence-corrected chi connectivity index (χ4v) is 4.87. The van der Waals surface area contributed by atoms with Crippen LogP contribution in [0.5, 0.6) is 17.2 Å². The quantitative estimate of drug-likeness (QED) is 0.288. The molecule has 0 spiro atoms. The maximum Gasteiger partial charge on any atom is 0.265 e. The minimum Gasteiger partial charge on any atom is -0.497 e. The van der Waals surface area contributed by atoms with E-state index in [1.807, 2.05) is 49.4 Å². The number of rotatable bonds is 10. The predicted octanol–water partition coefficient (Wildman–Crippen LogP) is 5.45. The van der Waals surface area contributed by atoms with Gasteiger partial charge in [0, 0.05) is 17.1 Å². The van der Waals surface area contributed by atoms with Gasteiger partial charge in [-0.2, -0.15) is 0 Å². The first-order chi connectivity index (χ1) is 17.8. The van der Waals surface area contributed by atoms with Gasteiger partial charge in [-0.1, -0.05) is 43.3 Å². The van der Waals surface area contributed by atoms with Crippen molar-refractivity contribution in [2.45, 2.75) is 24.3 Å². The Hall–Kier alpha value is -4.24. The van der Waals surface area contributed by atoms with Gasteiger partial charge in [0.1, 0.15) is 17.2 Å². The second-order valence-corrected chi connectivity index (χ2v) is 9.86. The van der Waals surface area contributed by atoms with Crippen LogP contribution in [0.3, 0.4) is 0 Å². The van der Waals surface area contributed by atoms with Crippen molar-refractivity contribution in [2.24, 2.45) is 0 Å². The van der Waals surface area contributed by atoms with E-state index in [0.29, 0.717) is 29.4 Å². The van der Waals surface area contributed by atoms with Crippen molar-refractivity contribution in [3.05, 3.63) is 84.9 Å². The SMILES string of the molecule is CCC(Oc1cccc2ccccc12)C(=O)Nc1ccc(S(=O)(=O)Nc2ccc(OC)cc2OC)cc1. The zero-order valence-corrected chi connectivity index (χ0v) is 21.5. The smallest absolute Gasteiger partial charge is 0.265 e. The van der Waals surface area contributed by atoms with Gasteiger partial charge in [0.25, 0.3) is 15.9 Å². The third-order valence-corrected chi connectivity index (χ3v) is 7.15. The molecule has 2 N–H and O–H groups in total. The summed E-state index contributed by atoms with van der Waals surface area (Å²) in [7, 11) is -0.948. The summed E-state index contributed by atoms with van der Waals surface area (Å²) in [4.78, 5) is 13.0. The molecule has 0 aliphatic rings. The molecule has 37 heavy (non-hydrogen) atoms. The van der Waals surface area contributed by atoms with Gasteiger partial charge in [0.15, 0.2) is 6.10 Å². The highest BCUT2D eigenvalue weighted by molar-refractivity contribution is 7.92. The van der Waals surface area contributed by atoms with E-state index in [0.717, 1.165) is 10.8 Å². The first-order valence-corrected chi connectivity index (χ1v) is 13.1. The maximum atomic E-state index is 12.9. The molecular weight excluding hydrogens is 492 g/mol. The lowest BCUT2D eigenvalue weighted by atomic mass is 10.1. The molecule has 1 atom stereocenters. The van der Waals surface area contributed by atoms with Gasteiger partial charge in [-0.3, -0.25) is 9.52 Å². The van der Waals surface area contributed by atoms with E-state index in [4.69, 9.17) is 14.2 Å². The normalized spacial score (nSPS) is 12.0. The average Bonchev–Trinajstić information content (AvgIpc) is 2.92. The number of sulfonamides is 1. The molecule has 4 aromatic rings. The molecule has 1 unspecified atom stereocenters. The molecule has 4 rings (SSSR count). The van der Waals surface area contributed by atoms with Crippen molar-refractivity contribution in [3.63, 3.8) is 0 Å². The van der Waals surface area contributed by atoms with Crippen LogP contribution in [0, 0.1) is 0 Å². The number of methoxy groups -OCH3 is 2. The molecule has 0 aromatic heterocycles. The number of anilines is 2. The highest BCUT2D eigenvalue weighted by Gasteiger charge is 2.21. The molecule has 1 amide bonds. The van der Waals surface area contributed by atoms with E-state index < -0.39 is 16.1 Å². The molecule has 9 heteroatoms. The van der Waals surface area contributed by atoms with Gasteiger partial charge in [-0.15, -0.1) is 0 Å². The van der Waals surface area contributed by atoms with Crippen molar-refractivity contribution in [1.29, 1.82) is 0 Å². The van der Waals surface area contributed by atoms with Crippen molar-refractivity contribution in [2.75, 3.05) is 24.3 Å². The van der Waals surface area contributed by atoms with Crippen LogP contribution in [0.4, 0.5) is 11.4 Å². The molecule has 0 saturated carbocycles. The summed E-state index contributed by atoms with van der Waals surface area (Å²) >= 11 is 0. The number of carbonyl (C=O) groups is 1. The minimum atomic E-state index is -3.90. The highest BCUT2D eigenvalue weighted by Crippen LogP contribution is 2.31. The third-order valence-electron chi connectivity index (χ3n) is 5.77. The van der Waals surface area contributed by atoms with Crippen LogP contribution in [0.15, 0.2) is 89.8 Å². The lowest BCUT2D eigenvalue weighted by Gasteiger charge is -2.19. The Morgan fingerprint density at radius 2 is 1.59 bits per heavy atom. The van der Waals surface area contributed by atoms with E-state index in [-0.39, 0.29) is 16.5 Å². The summed E-state index contributed by atoms with van der Waals surface area (Å²) in [5.74, 6) is 1.16. The lowest BCUT2D eigenvalue weighted by molar-refractivity contribution is -0.122. The summed E-state index contributed by atoms with van der Waals surface area (Å²) < 4.78 is 44.8. The molecule has 0 radical (unpaired) electrons. The highest BCUT2D eigenvalue weighted by atomic mass is 32.2. The van der Waals surface area contributed by atoms with Crippen molar-refractivity contribution < 1.29 is 27.4 Å². The van der Waals surface area contributed by atoms with Crippen LogP contribution in [0.25, 0.3) is 10.8 Å². The zero-order valence-electron chi connectivity index (χ0n) is 20.7. The Morgan fingerprint density at radius 3 is 2.30 bits per heavy atom. The van der Waals surface area contributed by atoms with Crippen molar-refractivity contribution in [3.8, 4) is 17.2 Å². The van der Waals surface area contributed by atoms with E-state index in [9.17, 15) is 13.2 Å². The number of ether oxygens (including phenoxy) is 3. The molecule has 0 aliphatic heterocycles. The fourth-order valence-electron chi connectivity index (χ4n) is 3.80. The van der Waals surface area contributed by atoms with Crippen LogP contribution < -0.4 is 24.2 Å². The first kappa shape index (κ1) is 25.8. The molecular formula is C28H28N2O6S. The Bertz CT molecular complexity index is 1500. The number of nitrogens with one attached hydrogen (secondary N) is 2. The molecule has 0 heterocycles. The summed E-state index contributed by atoms with van der Waals surface area (Å²) in [6.07, 6.45) is -0.270. The van der Waals surface area contributed by atoms with Gasteiger partial charge in [0.2, 0.25) is 0 Å². The average molecular weight is 521 g/mol. The number of fused-ring (bicyclic) bond motifs is 1. The van der Waals surface area contributed by atoms with E-state index in [2.05, 4.69) is 10.0 Å². The van der Waals surface area contributed by atoms with E-state index in [1.54, 1.807) is 18.2 Å². The molecule has 0 aliphatic carbocycles. The number of hydrogen-bond acceptors (Lipinski definition) is 6. The second kappa shape index (κ2) is 11.2. The molecule has 0 fully saturated rings. The van der Waals surface area contributed by atoms with Crippen molar-refractivity contribution in [1.82, 2.24) is 0 Å². The molecule has 0 bridgehead atoms. The number of amides is 1. The Labute approximate surface area is 216 Å². The first-order valence-electron chi connectivity index (χ1n) is 11.6. The summed E-state index contributed by atoms with van der Waals surface area (Å²) in [6.45, 7) is 1.87. The van der Waals surface area contributed by atoms with E-state index in [1.165, 1.54) is 38.5 Å². The summed E-state index contributed by atoms with van der Waals surface area (Å²) in [5.41, 5.74) is 0.725. The van der Waals surface area contributed by atoms with Gasteiger partial charge < -0.3 is 19.5 Å². The molecule has 192 valence electrons. The van der Waals surface area contributed by atoms with Crippen LogP contribution in [-0.2, 0) is 14.8 Å². The molecule has 0 saturated heterocycles. The third kappa shape index (κ3) is 5.95. The monoisotopic (exact) mass is 520 g/mol. The zero-order chi connectivity index (χ0) is 26.4. The topological polar surface area (TPSA) is 103 Å². The molecule has 8 nitrogen and oxygen atoms in total. The lowest BCUT2D eigenvalue weighted by Crippen LogP contribution is -2.32. The predicted molar refractivity (Wildman–Crippen MR) is 144 cm³/mol. The van der Waals surface area contributed by atoms with Crippen molar-refractivity contribution >= 4 is 38.1 Å². The number of carbonyl (C=O) groups excluding carboxylic acids is 1. The van der Waals surface area contributed by atoms with Gasteiger partial charge in [-0.25, -0.2) is 8.42 Å². The van der Waals surface area contributed by atoms with Crippen LogP contribution in [0.1, 0.15) is 13.3 Å². The van der Waals surface area contributed by atoms with Crippen LogP contribution in [-0.4, -0.2) is 34.6 Å². The summed E-state index contributed by atoms with van der Waals surface area (Å²) in [5, 5.41) is 4.75.